The van der Waals surface area contributed by atoms with Gasteiger partial charge in [0.05, 0.1) is 24.5 Å². The standard InChI is InChI=1S/C20H16ClN3O4/c1-12-14(5-3-6-15(12)20(26)27-2)17-9-8-13(28-17)11-23-24-19(25)16-7-4-10-22-18(16)21/h3-11H,1-2H3,(H,24,25). The van der Waals surface area contributed by atoms with Gasteiger partial charge in [0.1, 0.15) is 16.7 Å². The molecule has 0 atom stereocenters. The predicted octanol–water partition coefficient (Wildman–Crippen LogP) is 3.85. The second kappa shape index (κ2) is 8.49. The van der Waals surface area contributed by atoms with E-state index in [4.69, 9.17) is 20.8 Å². The molecule has 1 aromatic carbocycles. The first-order valence-electron chi connectivity index (χ1n) is 8.23. The highest BCUT2D eigenvalue weighted by Crippen LogP contribution is 2.27. The number of amides is 1. The number of benzene rings is 1. The van der Waals surface area contributed by atoms with E-state index >= 15 is 0 Å². The summed E-state index contributed by atoms with van der Waals surface area (Å²) in [5, 5.41) is 3.96. The third-order valence-corrected chi connectivity index (χ3v) is 4.29. The highest BCUT2D eigenvalue weighted by atomic mass is 35.5. The minimum absolute atomic E-state index is 0.0939. The van der Waals surface area contributed by atoms with Crippen molar-refractivity contribution in [2.45, 2.75) is 6.92 Å². The molecule has 0 aliphatic heterocycles. The topological polar surface area (TPSA) is 93.8 Å². The van der Waals surface area contributed by atoms with Crippen LogP contribution in [0.1, 0.15) is 32.0 Å². The van der Waals surface area contributed by atoms with Gasteiger partial charge in [-0.25, -0.2) is 15.2 Å². The Bertz CT molecular complexity index is 1060. The summed E-state index contributed by atoms with van der Waals surface area (Å²) in [5.41, 5.74) is 4.55. The molecule has 0 unspecified atom stereocenters. The third kappa shape index (κ3) is 4.10. The van der Waals surface area contributed by atoms with Crippen molar-refractivity contribution < 1.29 is 18.7 Å². The molecule has 0 fully saturated rings. The van der Waals surface area contributed by atoms with Crippen LogP contribution in [0.2, 0.25) is 5.15 Å². The summed E-state index contributed by atoms with van der Waals surface area (Å²) in [5.74, 6) is 0.0917. The number of rotatable bonds is 5. The number of pyridine rings is 1. The molecular formula is C20H16ClN3O4. The summed E-state index contributed by atoms with van der Waals surface area (Å²) in [4.78, 5) is 27.7. The van der Waals surface area contributed by atoms with Crippen molar-refractivity contribution in [2.24, 2.45) is 5.10 Å². The number of methoxy groups -OCH3 is 1. The Hall–Kier alpha value is -3.45. The van der Waals surface area contributed by atoms with Gasteiger partial charge in [-0.3, -0.25) is 4.79 Å². The monoisotopic (exact) mass is 397 g/mol. The number of hydrogen-bond donors (Lipinski definition) is 1. The minimum Gasteiger partial charge on any atom is -0.465 e. The van der Waals surface area contributed by atoms with Gasteiger partial charge in [0.15, 0.2) is 0 Å². The molecule has 1 N–H and O–H groups in total. The highest BCUT2D eigenvalue weighted by Gasteiger charge is 2.15. The van der Waals surface area contributed by atoms with Crippen LogP contribution in [0.4, 0.5) is 0 Å². The number of furan rings is 1. The quantitative estimate of drug-likeness (QED) is 0.305. The number of ether oxygens (including phenoxy) is 1. The van der Waals surface area contributed by atoms with E-state index in [-0.39, 0.29) is 10.7 Å². The SMILES string of the molecule is COC(=O)c1cccc(-c2ccc(C=NNC(=O)c3cccnc3Cl)o2)c1C. The largest absolute Gasteiger partial charge is 0.465 e. The second-order valence-corrected chi connectivity index (χ2v) is 6.07. The maximum atomic E-state index is 12.0. The number of carbonyl (C=O) groups excluding carboxylic acids is 2. The molecule has 3 rings (SSSR count). The maximum absolute atomic E-state index is 12.0. The molecule has 8 heteroatoms. The van der Waals surface area contributed by atoms with Crippen LogP contribution in [0, 0.1) is 6.92 Å². The van der Waals surface area contributed by atoms with Crippen LogP contribution in [0.5, 0.6) is 0 Å². The van der Waals surface area contributed by atoms with Crippen LogP contribution >= 0.6 is 11.6 Å². The number of esters is 1. The lowest BCUT2D eigenvalue weighted by atomic mass is 10.0. The van der Waals surface area contributed by atoms with Gasteiger partial charge < -0.3 is 9.15 Å². The average molecular weight is 398 g/mol. The van der Waals surface area contributed by atoms with Crippen LogP contribution < -0.4 is 5.43 Å². The second-order valence-electron chi connectivity index (χ2n) is 5.71. The zero-order chi connectivity index (χ0) is 20.1. The number of halogens is 1. The molecule has 1 amide bonds. The molecule has 142 valence electrons. The molecule has 0 saturated carbocycles. The average Bonchev–Trinajstić information content (AvgIpc) is 3.16. The smallest absolute Gasteiger partial charge is 0.338 e. The molecule has 7 nitrogen and oxygen atoms in total. The Labute approximate surface area is 166 Å². The fraction of sp³-hybridized carbons (Fsp3) is 0.100. The van der Waals surface area contributed by atoms with Crippen molar-refractivity contribution in [1.29, 1.82) is 0 Å². The highest BCUT2D eigenvalue weighted by molar-refractivity contribution is 6.32. The van der Waals surface area contributed by atoms with Gasteiger partial charge in [0, 0.05) is 11.8 Å². The van der Waals surface area contributed by atoms with Gasteiger partial charge in [0.2, 0.25) is 0 Å². The number of hydrogen-bond acceptors (Lipinski definition) is 6. The molecule has 3 aromatic rings. The Balaban J connectivity index is 1.75. The zero-order valence-corrected chi connectivity index (χ0v) is 15.9. The molecule has 0 spiro atoms. The van der Waals surface area contributed by atoms with E-state index in [1.165, 1.54) is 19.5 Å². The van der Waals surface area contributed by atoms with Crippen molar-refractivity contribution >= 4 is 29.7 Å². The van der Waals surface area contributed by atoms with Crippen molar-refractivity contribution in [3.8, 4) is 11.3 Å². The van der Waals surface area contributed by atoms with Crippen molar-refractivity contribution in [3.05, 3.63) is 76.3 Å². The van der Waals surface area contributed by atoms with Crippen molar-refractivity contribution in [2.75, 3.05) is 7.11 Å². The molecule has 0 saturated heterocycles. The van der Waals surface area contributed by atoms with Crippen LogP contribution in [0.3, 0.4) is 0 Å². The fourth-order valence-corrected chi connectivity index (χ4v) is 2.78. The van der Waals surface area contributed by atoms with Crippen LogP contribution in [-0.2, 0) is 4.74 Å². The summed E-state index contributed by atoms with van der Waals surface area (Å²) < 4.78 is 10.5. The van der Waals surface area contributed by atoms with E-state index in [1.54, 1.807) is 36.4 Å². The first-order chi connectivity index (χ1) is 13.5. The minimum atomic E-state index is -0.484. The van der Waals surface area contributed by atoms with Crippen LogP contribution in [0.15, 0.2) is 58.2 Å². The summed E-state index contributed by atoms with van der Waals surface area (Å²) in [6, 6.07) is 11.9. The van der Waals surface area contributed by atoms with E-state index in [9.17, 15) is 9.59 Å². The molecular weight excluding hydrogens is 382 g/mol. The molecule has 2 aromatic heterocycles. The lowest BCUT2D eigenvalue weighted by Crippen LogP contribution is -2.18. The number of hydrazone groups is 1. The molecule has 0 bridgehead atoms. The van der Waals surface area contributed by atoms with Crippen molar-refractivity contribution in [3.63, 3.8) is 0 Å². The third-order valence-electron chi connectivity index (χ3n) is 3.99. The Morgan fingerprint density at radius 2 is 1.96 bits per heavy atom. The Kier molecular flexibility index (Phi) is 5.86. The normalized spacial score (nSPS) is 10.8. The van der Waals surface area contributed by atoms with Gasteiger partial charge in [-0.15, -0.1) is 0 Å². The summed E-state index contributed by atoms with van der Waals surface area (Å²) >= 11 is 5.87. The fourth-order valence-electron chi connectivity index (χ4n) is 2.57. The van der Waals surface area contributed by atoms with E-state index in [1.807, 2.05) is 13.0 Å². The summed E-state index contributed by atoms with van der Waals surface area (Å²) in [6.45, 7) is 1.82. The molecule has 2 heterocycles. The van der Waals surface area contributed by atoms with E-state index in [0.717, 1.165) is 11.1 Å². The number of carbonyl (C=O) groups is 2. The molecule has 0 radical (unpaired) electrons. The Morgan fingerprint density at radius 3 is 2.71 bits per heavy atom. The van der Waals surface area contributed by atoms with Crippen LogP contribution in [0.25, 0.3) is 11.3 Å². The van der Waals surface area contributed by atoms with Crippen molar-refractivity contribution in [1.82, 2.24) is 10.4 Å². The zero-order valence-electron chi connectivity index (χ0n) is 15.1. The van der Waals surface area contributed by atoms with Gasteiger partial charge >= 0.3 is 5.97 Å². The van der Waals surface area contributed by atoms with E-state index in [0.29, 0.717) is 17.1 Å². The lowest BCUT2D eigenvalue weighted by molar-refractivity contribution is 0.0600. The molecule has 0 aliphatic carbocycles. The van der Waals surface area contributed by atoms with Gasteiger partial charge in [-0.2, -0.15) is 5.10 Å². The first kappa shape index (κ1) is 19.3. The van der Waals surface area contributed by atoms with E-state index < -0.39 is 11.9 Å². The lowest BCUT2D eigenvalue weighted by Gasteiger charge is -2.07. The van der Waals surface area contributed by atoms with Crippen LogP contribution in [-0.4, -0.2) is 30.2 Å². The molecule has 0 aliphatic rings. The maximum Gasteiger partial charge on any atom is 0.338 e. The van der Waals surface area contributed by atoms with Gasteiger partial charge in [0.25, 0.3) is 5.91 Å². The summed E-state index contributed by atoms with van der Waals surface area (Å²) in [6.07, 6.45) is 2.86. The summed E-state index contributed by atoms with van der Waals surface area (Å²) in [7, 11) is 1.34. The number of nitrogens with one attached hydrogen (secondary N) is 1. The predicted molar refractivity (Wildman–Crippen MR) is 105 cm³/mol. The first-order valence-corrected chi connectivity index (χ1v) is 8.61. The van der Waals surface area contributed by atoms with Gasteiger partial charge in [-0.05, 0) is 42.8 Å². The van der Waals surface area contributed by atoms with E-state index in [2.05, 4.69) is 15.5 Å². The molecule has 28 heavy (non-hydrogen) atoms. The van der Waals surface area contributed by atoms with Gasteiger partial charge in [-0.1, -0.05) is 23.7 Å². The Morgan fingerprint density at radius 1 is 1.18 bits per heavy atom. The number of aromatic nitrogens is 1. The number of nitrogens with zero attached hydrogens (tertiary/aromatic N) is 2.